The third-order valence-corrected chi connectivity index (χ3v) is 7.33. The zero-order valence-corrected chi connectivity index (χ0v) is 24.0. The van der Waals surface area contributed by atoms with Crippen molar-refractivity contribution in [3.8, 4) is 11.5 Å². The lowest BCUT2D eigenvalue weighted by atomic mass is 9.88. The van der Waals surface area contributed by atoms with Crippen molar-refractivity contribution >= 4 is 16.8 Å². The standard InChI is InChI=1S/C36H38N2O3/c1-26(2)22-37-36(39)21-33(29-15-19-31(20-16-29)41-25-28-9-5-4-6-10-28)34-24-38(35-12-8-7-11-32(34)35)23-27-13-17-30(40-3)18-14-27/h4-20,24,26,33H,21-23,25H2,1-3H3,(H,37,39)/t33-/m0/s1. The molecule has 0 saturated heterocycles. The first-order valence-electron chi connectivity index (χ1n) is 14.2. The number of ether oxygens (including phenoxy) is 2. The van der Waals surface area contributed by atoms with Crippen LogP contribution in [0.3, 0.4) is 0 Å². The molecule has 1 aromatic heterocycles. The Bertz CT molecular complexity index is 1550. The van der Waals surface area contributed by atoms with Gasteiger partial charge in [0.15, 0.2) is 0 Å². The van der Waals surface area contributed by atoms with Crippen molar-refractivity contribution in [2.24, 2.45) is 5.92 Å². The number of nitrogens with one attached hydrogen (secondary N) is 1. The average Bonchev–Trinajstić information content (AvgIpc) is 3.37. The van der Waals surface area contributed by atoms with E-state index in [0.717, 1.165) is 45.6 Å². The molecule has 5 aromatic rings. The normalized spacial score (nSPS) is 11.9. The van der Waals surface area contributed by atoms with E-state index in [0.29, 0.717) is 25.5 Å². The van der Waals surface area contributed by atoms with Crippen LogP contribution in [0.25, 0.3) is 10.9 Å². The van der Waals surface area contributed by atoms with E-state index in [4.69, 9.17) is 9.47 Å². The highest BCUT2D eigenvalue weighted by Gasteiger charge is 2.23. The molecule has 0 aliphatic rings. The molecule has 0 radical (unpaired) electrons. The summed E-state index contributed by atoms with van der Waals surface area (Å²) in [6.45, 7) is 6.12. The van der Waals surface area contributed by atoms with Gasteiger partial charge >= 0.3 is 0 Å². The third-order valence-electron chi connectivity index (χ3n) is 7.33. The largest absolute Gasteiger partial charge is 0.497 e. The average molecular weight is 547 g/mol. The molecular formula is C36H38N2O3. The molecule has 1 atom stereocenters. The second kappa shape index (κ2) is 13.2. The summed E-state index contributed by atoms with van der Waals surface area (Å²) in [5, 5.41) is 4.28. The van der Waals surface area contributed by atoms with Crippen molar-refractivity contribution in [2.45, 2.75) is 39.3 Å². The van der Waals surface area contributed by atoms with Gasteiger partial charge in [0.05, 0.1) is 7.11 Å². The minimum Gasteiger partial charge on any atom is -0.497 e. The van der Waals surface area contributed by atoms with E-state index in [1.54, 1.807) is 7.11 Å². The molecule has 0 aliphatic carbocycles. The molecule has 5 heteroatoms. The van der Waals surface area contributed by atoms with E-state index in [2.05, 4.69) is 90.6 Å². The molecule has 1 N–H and O–H groups in total. The molecule has 0 spiro atoms. The topological polar surface area (TPSA) is 52.5 Å². The maximum absolute atomic E-state index is 13.2. The molecule has 5 rings (SSSR count). The SMILES string of the molecule is COc1ccc(Cn2cc([C@@H](CC(=O)NCC(C)C)c3ccc(OCc4ccccc4)cc3)c3ccccc32)cc1. The number of benzene rings is 4. The van der Waals surface area contributed by atoms with Gasteiger partial charge in [-0.2, -0.15) is 0 Å². The van der Waals surface area contributed by atoms with Crippen LogP contribution in [0.2, 0.25) is 0 Å². The fourth-order valence-corrected chi connectivity index (χ4v) is 5.13. The number of amides is 1. The zero-order chi connectivity index (χ0) is 28.6. The second-order valence-electron chi connectivity index (χ2n) is 10.9. The number of para-hydroxylation sites is 1. The number of aromatic nitrogens is 1. The summed E-state index contributed by atoms with van der Waals surface area (Å²) in [5.41, 5.74) is 5.69. The lowest BCUT2D eigenvalue weighted by molar-refractivity contribution is -0.121. The molecule has 210 valence electrons. The molecule has 0 aliphatic heterocycles. The Morgan fingerprint density at radius 2 is 1.49 bits per heavy atom. The van der Waals surface area contributed by atoms with E-state index >= 15 is 0 Å². The third kappa shape index (κ3) is 7.17. The van der Waals surface area contributed by atoms with Gasteiger partial charge in [0.25, 0.3) is 0 Å². The van der Waals surface area contributed by atoms with Gasteiger partial charge in [0.2, 0.25) is 5.91 Å². The Hall–Kier alpha value is -4.51. The van der Waals surface area contributed by atoms with Crippen molar-refractivity contribution < 1.29 is 14.3 Å². The van der Waals surface area contributed by atoms with Gasteiger partial charge in [-0.15, -0.1) is 0 Å². The quantitative estimate of drug-likeness (QED) is 0.176. The minimum atomic E-state index is -0.104. The van der Waals surface area contributed by atoms with E-state index in [1.807, 2.05) is 42.5 Å². The van der Waals surface area contributed by atoms with Crippen molar-refractivity contribution in [3.05, 3.63) is 132 Å². The van der Waals surface area contributed by atoms with Crippen LogP contribution < -0.4 is 14.8 Å². The van der Waals surface area contributed by atoms with Crippen LogP contribution in [0.4, 0.5) is 0 Å². The summed E-state index contributed by atoms with van der Waals surface area (Å²) in [5.74, 6) is 2.00. The van der Waals surface area contributed by atoms with Gasteiger partial charge in [-0.05, 0) is 58.5 Å². The molecule has 4 aromatic carbocycles. The van der Waals surface area contributed by atoms with E-state index in [-0.39, 0.29) is 11.8 Å². The fraction of sp³-hybridized carbons (Fsp3) is 0.250. The van der Waals surface area contributed by atoms with Gasteiger partial charge in [-0.3, -0.25) is 4.79 Å². The maximum Gasteiger partial charge on any atom is 0.220 e. The molecule has 41 heavy (non-hydrogen) atoms. The monoisotopic (exact) mass is 546 g/mol. The lowest BCUT2D eigenvalue weighted by Gasteiger charge is -2.18. The summed E-state index contributed by atoms with van der Waals surface area (Å²) >= 11 is 0. The van der Waals surface area contributed by atoms with E-state index < -0.39 is 0 Å². The molecule has 0 bridgehead atoms. The van der Waals surface area contributed by atoms with Crippen molar-refractivity contribution in [1.29, 1.82) is 0 Å². The first kappa shape index (κ1) is 28.0. The summed E-state index contributed by atoms with van der Waals surface area (Å²) in [7, 11) is 1.68. The minimum absolute atomic E-state index is 0.0556. The first-order chi connectivity index (χ1) is 20.0. The molecule has 1 heterocycles. The predicted molar refractivity (Wildman–Crippen MR) is 166 cm³/mol. The van der Waals surface area contributed by atoms with Gasteiger partial charge < -0.3 is 19.4 Å². The molecule has 1 amide bonds. The van der Waals surface area contributed by atoms with E-state index in [1.165, 1.54) is 5.56 Å². The van der Waals surface area contributed by atoms with Crippen LogP contribution in [-0.2, 0) is 17.9 Å². The van der Waals surface area contributed by atoms with Crippen LogP contribution in [-0.4, -0.2) is 24.1 Å². The number of carbonyl (C=O) groups excluding carboxylic acids is 1. The fourth-order valence-electron chi connectivity index (χ4n) is 5.13. The van der Waals surface area contributed by atoms with Gasteiger partial charge in [0.1, 0.15) is 18.1 Å². The number of rotatable bonds is 12. The Balaban J connectivity index is 1.45. The lowest BCUT2D eigenvalue weighted by Crippen LogP contribution is -2.28. The Morgan fingerprint density at radius 1 is 0.805 bits per heavy atom. The number of methoxy groups -OCH3 is 1. The van der Waals surface area contributed by atoms with Gasteiger partial charge in [-0.1, -0.05) is 86.6 Å². The summed E-state index contributed by atoms with van der Waals surface area (Å²) < 4.78 is 13.7. The number of fused-ring (bicyclic) bond motifs is 1. The Morgan fingerprint density at radius 3 is 2.20 bits per heavy atom. The molecule has 0 saturated carbocycles. The Labute approximate surface area is 242 Å². The molecule has 0 unspecified atom stereocenters. The first-order valence-corrected chi connectivity index (χ1v) is 14.2. The number of hydrogen-bond donors (Lipinski definition) is 1. The van der Waals surface area contributed by atoms with E-state index in [9.17, 15) is 4.79 Å². The summed E-state index contributed by atoms with van der Waals surface area (Å²) in [6.07, 6.45) is 2.59. The van der Waals surface area contributed by atoms with Crippen LogP contribution >= 0.6 is 0 Å². The number of hydrogen-bond acceptors (Lipinski definition) is 3. The van der Waals surface area contributed by atoms with Crippen LogP contribution in [0.5, 0.6) is 11.5 Å². The summed E-state index contributed by atoms with van der Waals surface area (Å²) in [6, 6.07) is 35.0. The van der Waals surface area contributed by atoms with Crippen LogP contribution in [0.1, 0.15) is 48.4 Å². The molecular weight excluding hydrogens is 508 g/mol. The zero-order valence-electron chi connectivity index (χ0n) is 24.0. The molecule has 0 fully saturated rings. The summed E-state index contributed by atoms with van der Waals surface area (Å²) in [4.78, 5) is 13.2. The number of carbonyl (C=O) groups is 1. The number of nitrogens with zero attached hydrogens (tertiary/aromatic N) is 1. The Kier molecular flexibility index (Phi) is 9.05. The smallest absolute Gasteiger partial charge is 0.220 e. The van der Waals surface area contributed by atoms with Gasteiger partial charge in [0, 0.05) is 42.5 Å². The second-order valence-corrected chi connectivity index (χ2v) is 10.9. The highest BCUT2D eigenvalue weighted by Crippen LogP contribution is 2.36. The highest BCUT2D eigenvalue weighted by atomic mass is 16.5. The van der Waals surface area contributed by atoms with Crippen molar-refractivity contribution in [1.82, 2.24) is 9.88 Å². The van der Waals surface area contributed by atoms with Crippen molar-refractivity contribution in [2.75, 3.05) is 13.7 Å². The molecule has 5 nitrogen and oxygen atoms in total. The van der Waals surface area contributed by atoms with Crippen LogP contribution in [0.15, 0.2) is 109 Å². The maximum atomic E-state index is 13.2. The van der Waals surface area contributed by atoms with Gasteiger partial charge in [-0.25, -0.2) is 0 Å². The van der Waals surface area contributed by atoms with Crippen LogP contribution in [0, 0.1) is 5.92 Å². The highest BCUT2D eigenvalue weighted by molar-refractivity contribution is 5.86. The predicted octanol–water partition coefficient (Wildman–Crippen LogP) is 7.57. The van der Waals surface area contributed by atoms with Crippen molar-refractivity contribution in [3.63, 3.8) is 0 Å².